The van der Waals surface area contributed by atoms with Gasteiger partial charge in [-0.25, -0.2) is 0 Å². The Morgan fingerprint density at radius 1 is 1.05 bits per heavy atom. The zero-order valence-corrected chi connectivity index (χ0v) is 12.7. The molecule has 1 aliphatic carbocycles. The van der Waals surface area contributed by atoms with E-state index in [0.29, 0.717) is 12.1 Å². The Kier molecular flexibility index (Phi) is 3.72. The highest BCUT2D eigenvalue weighted by atomic mass is 79.9. The van der Waals surface area contributed by atoms with Gasteiger partial charge in [-0.1, -0.05) is 52.3 Å². The van der Waals surface area contributed by atoms with Crippen LogP contribution < -0.4 is 5.32 Å². The van der Waals surface area contributed by atoms with Gasteiger partial charge in [0.1, 0.15) is 0 Å². The van der Waals surface area contributed by atoms with Crippen LogP contribution in [0.2, 0.25) is 0 Å². The highest BCUT2D eigenvalue weighted by molar-refractivity contribution is 9.10. The number of benzene rings is 2. The van der Waals surface area contributed by atoms with E-state index in [1.54, 1.807) is 0 Å². The first-order valence-electron chi connectivity index (χ1n) is 6.80. The minimum atomic E-state index is 0.386. The Balaban J connectivity index is 1.67. The largest absolute Gasteiger partial charge is 0.307 e. The lowest BCUT2D eigenvalue weighted by molar-refractivity contribution is 0.467. The summed E-state index contributed by atoms with van der Waals surface area (Å²) in [4.78, 5) is 0. The molecule has 1 aliphatic rings. The molecule has 1 atom stereocenters. The van der Waals surface area contributed by atoms with Crippen LogP contribution in [0.1, 0.15) is 29.7 Å². The lowest BCUT2D eigenvalue weighted by Crippen LogP contribution is -2.32. The van der Waals surface area contributed by atoms with Crippen LogP contribution in [0.5, 0.6) is 0 Å². The van der Waals surface area contributed by atoms with Crippen LogP contribution in [0.4, 0.5) is 0 Å². The van der Waals surface area contributed by atoms with Crippen molar-refractivity contribution in [2.45, 2.75) is 31.8 Å². The van der Waals surface area contributed by atoms with Crippen molar-refractivity contribution in [3.8, 4) is 0 Å². The summed E-state index contributed by atoms with van der Waals surface area (Å²) in [6.45, 7) is 2.24. The van der Waals surface area contributed by atoms with Gasteiger partial charge in [-0.05, 0) is 48.6 Å². The molecule has 0 unspecified atom stereocenters. The first-order valence-corrected chi connectivity index (χ1v) is 7.60. The van der Waals surface area contributed by atoms with Crippen LogP contribution >= 0.6 is 15.9 Å². The average molecular weight is 316 g/mol. The molecule has 0 saturated carbocycles. The molecule has 19 heavy (non-hydrogen) atoms. The number of hydrogen-bond acceptors (Lipinski definition) is 1. The summed E-state index contributed by atoms with van der Waals surface area (Å²) in [5, 5.41) is 3.75. The lowest BCUT2D eigenvalue weighted by atomic mass is 10.1. The second-order valence-electron chi connectivity index (χ2n) is 5.32. The van der Waals surface area contributed by atoms with E-state index in [1.807, 2.05) is 0 Å². The van der Waals surface area contributed by atoms with E-state index < -0.39 is 0 Å². The highest BCUT2D eigenvalue weighted by Crippen LogP contribution is 2.25. The maximum Gasteiger partial charge on any atom is 0.0295 e. The Morgan fingerprint density at radius 3 is 2.37 bits per heavy atom. The summed E-state index contributed by atoms with van der Waals surface area (Å²) in [5.74, 6) is 0. The molecule has 0 aliphatic heterocycles. The van der Waals surface area contributed by atoms with E-state index in [0.717, 1.165) is 17.3 Å². The first kappa shape index (κ1) is 12.9. The van der Waals surface area contributed by atoms with Gasteiger partial charge in [0.05, 0.1) is 0 Å². The first-order chi connectivity index (χ1) is 9.22. The van der Waals surface area contributed by atoms with Crippen LogP contribution in [0.25, 0.3) is 0 Å². The molecule has 2 aromatic carbocycles. The number of halogens is 1. The van der Waals surface area contributed by atoms with E-state index in [9.17, 15) is 0 Å². The summed E-state index contributed by atoms with van der Waals surface area (Å²) in [6, 6.07) is 18.3. The number of fused-ring (bicyclic) bond motifs is 1. The van der Waals surface area contributed by atoms with Gasteiger partial charge in [-0.2, -0.15) is 0 Å². The average Bonchev–Trinajstić information content (AvgIpc) is 2.80. The zero-order valence-electron chi connectivity index (χ0n) is 11.1. The van der Waals surface area contributed by atoms with Gasteiger partial charge in [-0.15, -0.1) is 0 Å². The third kappa shape index (κ3) is 2.90. The zero-order chi connectivity index (χ0) is 13.2. The second-order valence-corrected chi connectivity index (χ2v) is 6.23. The smallest absolute Gasteiger partial charge is 0.0295 e. The third-order valence-electron chi connectivity index (χ3n) is 3.89. The predicted molar refractivity (Wildman–Crippen MR) is 83.3 cm³/mol. The molecular weight excluding hydrogens is 298 g/mol. The second kappa shape index (κ2) is 5.48. The van der Waals surface area contributed by atoms with E-state index in [1.165, 1.54) is 16.7 Å². The van der Waals surface area contributed by atoms with Gasteiger partial charge in [0.25, 0.3) is 0 Å². The molecule has 0 aromatic heterocycles. The van der Waals surface area contributed by atoms with Gasteiger partial charge >= 0.3 is 0 Å². The molecule has 0 spiro atoms. The normalized spacial score (nSPS) is 16.3. The Bertz CT molecular complexity index is 554. The molecule has 2 aromatic rings. The predicted octanol–water partition coefficient (Wildman–Crippen LogP) is 4.27. The van der Waals surface area contributed by atoms with Crippen molar-refractivity contribution in [2.24, 2.45) is 0 Å². The molecule has 98 valence electrons. The van der Waals surface area contributed by atoms with Gasteiger partial charge < -0.3 is 5.32 Å². The van der Waals surface area contributed by atoms with Gasteiger partial charge in [0.15, 0.2) is 0 Å². The molecule has 0 saturated heterocycles. The van der Waals surface area contributed by atoms with Crippen LogP contribution in [0, 0.1) is 0 Å². The minimum Gasteiger partial charge on any atom is -0.307 e. The number of rotatable bonds is 3. The topological polar surface area (TPSA) is 12.0 Å². The quantitative estimate of drug-likeness (QED) is 0.892. The fourth-order valence-electron chi connectivity index (χ4n) is 2.90. The fourth-order valence-corrected chi connectivity index (χ4v) is 3.32. The maximum absolute atomic E-state index is 3.75. The molecule has 0 radical (unpaired) electrons. The standard InChI is InChI=1S/C17H18BrN/c1-12(13-7-4-8-16(18)9-13)19-17-10-14-5-2-3-6-15(14)11-17/h2-9,12,17,19H,10-11H2,1H3/t12-/m1/s1. The van der Waals surface area contributed by atoms with Crippen molar-refractivity contribution in [3.63, 3.8) is 0 Å². The van der Waals surface area contributed by atoms with Crippen molar-refractivity contribution >= 4 is 15.9 Å². The fraction of sp³-hybridized carbons (Fsp3) is 0.294. The molecular formula is C17H18BrN. The molecule has 0 bridgehead atoms. The molecule has 0 heterocycles. The lowest BCUT2D eigenvalue weighted by Gasteiger charge is -2.19. The van der Waals surface area contributed by atoms with Gasteiger partial charge in [0, 0.05) is 16.6 Å². The summed E-state index contributed by atoms with van der Waals surface area (Å²) in [5.41, 5.74) is 4.34. The SMILES string of the molecule is C[C@@H](NC1Cc2ccccc2C1)c1cccc(Br)c1. The Labute approximate surface area is 123 Å². The molecule has 1 N–H and O–H groups in total. The van der Waals surface area contributed by atoms with Gasteiger partial charge in [-0.3, -0.25) is 0 Å². The van der Waals surface area contributed by atoms with Gasteiger partial charge in [0.2, 0.25) is 0 Å². The van der Waals surface area contributed by atoms with Crippen molar-refractivity contribution < 1.29 is 0 Å². The third-order valence-corrected chi connectivity index (χ3v) is 4.38. The van der Waals surface area contributed by atoms with Crippen LogP contribution in [0.15, 0.2) is 53.0 Å². The molecule has 3 rings (SSSR count). The summed E-state index contributed by atoms with van der Waals surface area (Å²) < 4.78 is 1.15. The molecule has 0 fully saturated rings. The maximum atomic E-state index is 3.75. The Morgan fingerprint density at radius 2 is 1.74 bits per heavy atom. The number of hydrogen-bond donors (Lipinski definition) is 1. The monoisotopic (exact) mass is 315 g/mol. The summed E-state index contributed by atoms with van der Waals surface area (Å²) in [6.07, 6.45) is 2.29. The van der Waals surface area contributed by atoms with E-state index in [-0.39, 0.29) is 0 Å². The van der Waals surface area contributed by atoms with Crippen molar-refractivity contribution in [3.05, 3.63) is 69.7 Å². The number of nitrogens with one attached hydrogen (secondary N) is 1. The van der Waals surface area contributed by atoms with Crippen molar-refractivity contribution in [1.82, 2.24) is 5.32 Å². The van der Waals surface area contributed by atoms with Crippen molar-refractivity contribution in [2.75, 3.05) is 0 Å². The van der Waals surface area contributed by atoms with Crippen LogP contribution in [0.3, 0.4) is 0 Å². The molecule has 2 heteroatoms. The van der Waals surface area contributed by atoms with E-state index in [4.69, 9.17) is 0 Å². The van der Waals surface area contributed by atoms with Crippen molar-refractivity contribution in [1.29, 1.82) is 0 Å². The highest BCUT2D eigenvalue weighted by Gasteiger charge is 2.22. The van der Waals surface area contributed by atoms with Crippen LogP contribution in [-0.4, -0.2) is 6.04 Å². The van der Waals surface area contributed by atoms with E-state index in [2.05, 4.69) is 76.7 Å². The van der Waals surface area contributed by atoms with Crippen LogP contribution in [-0.2, 0) is 12.8 Å². The summed E-state index contributed by atoms with van der Waals surface area (Å²) >= 11 is 3.54. The molecule has 1 nitrogen and oxygen atoms in total. The van der Waals surface area contributed by atoms with E-state index >= 15 is 0 Å². The Hall–Kier alpha value is -1.12. The minimum absolute atomic E-state index is 0.386. The molecule has 0 amide bonds. The summed E-state index contributed by atoms with van der Waals surface area (Å²) in [7, 11) is 0.